The zero-order chi connectivity index (χ0) is 14.4. The molecule has 2 heterocycles. The van der Waals surface area contributed by atoms with E-state index in [0.717, 1.165) is 41.7 Å². The molecule has 1 amide bonds. The maximum atomic E-state index is 12.6. The second kappa shape index (κ2) is 4.44. The molecule has 0 radical (unpaired) electrons. The quantitative estimate of drug-likeness (QED) is 0.754. The minimum atomic E-state index is -0.137. The topological polar surface area (TPSA) is 75.6 Å². The molecule has 3 aromatic rings. The van der Waals surface area contributed by atoms with Gasteiger partial charge in [-0.2, -0.15) is 10.2 Å². The molecule has 1 aliphatic carbocycles. The Morgan fingerprint density at radius 3 is 3.19 bits per heavy atom. The van der Waals surface area contributed by atoms with E-state index in [-0.39, 0.29) is 5.91 Å². The number of aryl methyl sites for hydroxylation is 2. The van der Waals surface area contributed by atoms with Gasteiger partial charge >= 0.3 is 0 Å². The Bertz CT molecular complexity index is 845. The third-order valence-corrected chi connectivity index (χ3v) is 4.02. The maximum absolute atomic E-state index is 12.6. The number of para-hydroxylation sites is 1. The monoisotopic (exact) mass is 281 g/mol. The third kappa shape index (κ3) is 1.83. The van der Waals surface area contributed by atoms with Gasteiger partial charge in [0.05, 0.1) is 23.0 Å². The number of hydrogen-bond acceptors (Lipinski definition) is 3. The number of benzene rings is 1. The molecule has 0 saturated heterocycles. The minimum Gasteiger partial charge on any atom is -0.306 e. The second-order valence-electron chi connectivity index (χ2n) is 5.34. The van der Waals surface area contributed by atoms with E-state index in [4.69, 9.17) is 0 Å². The average Bonchev–Trinajstić information content (AvgIpc) is 3.16. The zero-order valence-corrected chi connectivity index (χ0v) is 11.7. The maximum Gasteiger partial charge on any atom is 0.259 e. The van der Waals surface area contributed by atoms with Crippen molar-refractivity contribution >= 4 is 22.6 Å². The van der Waals surface area contributed by atoms with Gasteiger partial charge in [-0.1, -0.05) is 12.1 Å². The molecule has 0 atom stereocenters. The Kier molecular flexibility index (Phi) is 2.57. The number of H-pyrrole nitrogens is 1. The number of aromatic amines is 1. The van der Waals surface area contributed by atoms with Crippen LogP contribution in [0.4, 0.5) is 5.82 Å². The van der Waals surface area contributed by atoms with E-state index < -0.39 is 0 Å². The molecule has 1 aliphatic rings. The molecule has 0 spiro atoms. The smallest absolute Gasteiger partial charge is 0.259 e. The molecule has 1 aromatic carbocycles. The second-order valence-corrected chi connectivity index (χ2v) is 5.34. The number of nitrogens with zero attached hydrogens (tertiary/aromatic N) is 3. The first kappa shape index (κ1) is 12.1. The molecule has 2 N–H and O–H groups in total. The van der Waals surface area contributed by atoms with Crippen LogP contribution in [0.2, 0.25) is 0 Å². The average molecular weight is 281 g/mol. The number of aromatic nitrogens is 4. The molecule has 2 aromatic heterocycles. The van der Waals surface area contributed by atoms with E-state index in [1.165, 1.54) is 5.56 Å². The highest BCUT2D eigenvalue weighted by Gasteiger charge is 2.23. The van der Waals surface area contributed by atoms with E-state index in [2.05, 4.69) is 20.6 Å². The molecule has 4 rings (SSSR count). The molecule has 0 fully saturated rings. The third-order valence-electron chi connectivity index (χ3n) is 4.02. The Labute approximate surface area is 121 Å². The largest absolute Gasteiger partial charge is 0.306 e. The van der Waals surface area contributed by atoms with Crippen molar-refractivity contribution < 1.29 is 4.79 Å². The van der Waals surface area contributed by atoms with Gasteiger partial charge in [0.1, 0.15) is 5.82 Å². The zero-order valence-electron chi connectivity index (χ0n) is 11.7. The van der Waals surface area contributed by atoms with Gasteiger partial charge in [-0.3, -0.25) is 14.6 Å². The van der Waals surface area contributed by atoms with Crippen molar-refractivity contribution in [2.75, 3.05) is 5.32 Å². The molecule has 106 valence electrons. The summed E-state index contributed by atoms with van der Waals surface area (Å²) in [4.78, 5) is 12.6. The molecule has 6 heteroatoms. The number of carbonyl (C=O) groups is 1. The van der Waals surface area contributed by atoms with Crippen molar-refractivity contribution in [1.82, 2.24) is 20.0 Å². The Balaban J connectivity index is 1.72. The van der Waals surface area contributed by atoms with E-state index in [0.29, 0.717) is 5.56 Å². The number of hydrogen-bond donors (Lipinski definition) is 2. The first-order chi connectivity index (χ1) is 10.2. The van der Waals surface area contributed by atoms with E-state index in [1.54, 1.807) is 16.9 Å². The van der Waals surface area contributed by atoms with Crippen molar-refractivity contribution in [1.29, 1.82) is 0 Å². The van der Waals surface area contributed by atoms with Crippen LogP contribution in [0, 0.1) is 0 Å². The fourth-order valence-corrected chi connectivity index (χ4v) is 3.01. The summed E-state index contributed by atoms with van der Waals surface area (Å²) in [6.07, 6.45) is 4.80. The van der Waals surface area contributed by atoms with Gasteiger partial charge in [0, 0.05) is 18.0 Å². The Morgan fingerprint density at radius 2 is 2.29 bits per heavy atom. The lowest BCUT2D eigenvalue weighted by molar-refractivity contribution is 0.102. The first-order valence-electron chi connectivity index (χ1n) is 7.02. The summed E-state index contributed by atoms with van der Waals surface area (Å²) in [7, 11) is 1.87. The van der Waals surface area contributed by atoms with Gasteiger partial charge in [-0.15, -0.1) is 0 Å². The van der Waals surface area contributed by atoms with Gasteiger partial charge < -0.3 is 5.32 Å². The molecular formula is C15H15N5O. The summed E-state index contributed by atoms with van der Waals surface area (Å²) in [6, 6.07) is 5.59. The van der Waals surface area contributed by atoms with E-state index in [9.17, 15) is 4.79 Å². The molecule has 0 aliphatic heterocycles. The molecular weight excluding hydrogens is 266 g/mol. The van der Waals surface area contributed by atoms with Gasteiger partial charge in [-0.05, 0) is 25.3 Å². The van der Waals surface area contributed by atoms with Crippen molar-refractivity contribution in [2.24, 2.45) is 7.05 Å². The molecule has 0 saturated carbocycles. The number of carbonyl (C=O) groups excluding carboxylic acids is 1. The number of amides is 1. The van der Waals surface area contributed by atoms with Crippen LogP contribution in [0.15, 0.2) is 24.4 Å². The predicted octanol–water partition coefficient (Wildman–Crippen LogP) is 2.04. The summed E-state index contributed by atoms with van der Waals surface area (Å²) in [5.74, 6) is 0.673. The van der Waals surface area contributed by atoms with E-state index in [1.807, 2.05) is 19.2 Å². The Hall–Kier alpha value is -2.63. The van der Waals surface area contributed by atoms with Gasteiger partial charge in [0.2, 0.25) is 0 Å². The highest BCUT2D eigenvalue weighted by Crippen LogP contribution is 2.28. The predicted molar refractivity (Wildman–Crippen MR) is 79.3 cm³/mol. The van der Waals surface area contributed by atoms with Crippen LogP contribution in [0.3, 0.4) is 0 Å². The first-order valence-corrected chi connectivity index (χ1v) is 7.02. The fourth-order valence-electron chi connectivity index (χ4n) is 3.01. The highest BCUT2D eigenvalue weighted by molar-refractivity contribution is 6.11. The van der Waals surface area contributed by atoms with Crippen molar-refractivity contribution in [3.05, 3.63) is 41.2 Å². The Morgan fingerprint density at radius 1 is 1.38 bits per heavy atom. The number of nitrogens with one attached hydrogen (secondary N) is 2. The van der Waals surface area contributed by atoms with Crippen LogP contribution < -0.4 is 5.32 Å². The van der Waals surface area contributed by atoms with Crippen LogP contribution in [-0.4, -0.2) is 25.9 Å². The minimum absolute atomic E-state index is 0.137. The van der Waals surface area contributed by atoms with Crippen molar-refractivity contribution in [3.8, 4) is 0 Å². The van der Waals surface area contributed by atoms with Crippen LogP contribution in [0.25, 0.3) is 10.9 Å². The lowest BCUT2D eigenvalue weighted by Crippen LogP contribution is -2.16. The van der Waals surface area contributed by atoms with Crippen molar-refractivity contribution in [3.63, 3.8) is 0 Å². The van der Waals surface area contributed by atoms with Crippen LogP contribution >= 0.6 is 0 Å². The molecule has 6 nitrogen and oxygen atoms in total. The molecule has 21 heavy (non-hydrogen) atoms. The fraction of sp³-hybridized carbons (Fsp3) is 0.267. The van der Waals surface area contributed by atoms with Crippen LogP contribution in [-0.2, 0) is 19.9 Å². The normalized spacial score (nSPS) is 13.6. The van der Waals surface area contributed by atoms with Gasteiger partial charge in [0.15, 0.2) is 0 Å². The summed E-state index contributed by atoms with van der Waals surface area (Å²) >= 11 is 0. The van der Waals surface area contributed by atoms with Crippen LogP contribution in [0.1, 0.15) is 28.0 Å². The number of rotatable bonds is 2. The van der Waals surface area contributed by atoms with E-state index >= 15 is 0 Å². The van der Waals surface area contributed by atoms with Crippen molar-refractivity contribution in [2.45, 2.75) is 19.3 Å². The van der Waals surface area contributed by atoms with Crippen LogP contribution in [0.5, 0.6) is 0 Å². The molecule has 0 unspecified atom stereocenters. The summed E-state index contributed by atoms with van der Waals surface area (Å²) in [5, 5.41) is 15.3. The SMILES string of the molecule is Cn1nc2c(c1NC(=O)c1cccc3cn[nH]c13)CCC2. The highest BCUT2D eigenvalue weighted by atomic mass is 16.1. The number of fused-ring (bicyclic) bond motifs is 2. The number of anilines is 1. The lowest BCUT2D eigenvalue weighted by Gasteiger charge is -2.08. The van der Waals surface area contributed by atoms with Gasteiger partial charge in [-0.25, -0.2) is 0 Å². The summed E-state index contributed by atoms with van der Waals surface area (Å²) in [5.41, 5.74) is 3.63. The van der Waals surface area contributed by atoms with Gasteiger partial charge in [0.25, 0.3) is 5.91 Å². The summed E-state index contributed by atoms with van der Waals surface area (Å²) < 4.78 is 1.76. The summed E-state index contributed by atoms with van der Waals surface area (Å²) in [6.45, 7) is 0. The lowest BCUT2D eigenvalue weighted by atomic mass is 10.1. The standard InChI is InChI=1S/C15H15N5O/c1-20-14(10-5-3-7-12(10)19-20)17-15(21)11-6-2-4-9-8-16-18-13(9)11/h2,4,6,8H,3,5,7H2,1H3,(H,16,18)(H,17,21). The molecule has 0 bridgehead atoms.